The minimum absolute atomic E-state index is 0.0224. The Labute approximate surface area is 113 Å². The second-order valence-corrected chi connectivity index (χ2v) is 5.42. The number of carbonyl (C=O) groups is 1. The van der Waals surface area contributed by atoms with E-state index in [0.29, 0.717) is 11.8 Å². The Hall–Kier alpha value is -1.85. The monoisotopic (exact) mass is 267 g/mol. The van der Waals surface area contributed by atoms with Crippen molar-refractivity contribution >= 4 is 11.9 Å². The standard InChI is InChI=1S/C13H21N3O3/c1-8(2)19-10-6-9(3)14-12(15-10)16-13(4,5)7-11(17)18/h6,8H,7H2,1-5H3,(H,17,18)(H,14,15,16). The number of aromatic nitrogens is 2. The number of anilines is 1. The Morgan fingerprint density at radius 3 is 2.63 bits per heavy atom. The summed E-state index contributed by atoms with van der Waals surface area (Å²) in [4.78, 5) is 19.2. The van der Waals surface area contributed by atoms with Crippen LogP contribution in [-0.2, 0) is 4.79 Å². The van der Waals surface area contributed by atoms with Gasteiger partial charge in [-0.2, -0.15) is 4.98 Å². The number of nitrogens with zero attached hydrogens (tertiary/aromatic N) is 2. The van der Waals surface area contributed by atoms with Gasteiger partial charge in [-0.1, -0.05) is 0 Å². The summed E-state index contributed by atoms with van der Waals surface area (Å²) in [5.41, 5.74) is 0.133. The van der Waals surface area contributed by atoms with Gasteiger partial charge in [0.2, 0.25) is 11.8 Å². The van der Waals surface area contributed by atoms with Gasteiger partial charge in [0.25, 0.3) is 0 Å². The van der Waals surface area contributed by atoms with E-state index in [-0.39, 0.29) is 12.5 Å². The zero-order chi connectivity index (χ0) is 14.6. The van der Waals surface area contributed by atoms with Gasteiger partial charge in [0, 0.05) is 17.3 Å². The van der Waals surface area contributed by atoms with Crippen LogP contribution in [0.2, 0.25) is 0 Å². The van der Waals surface area contributed by atoms with Gasteiger partial charge in [-0.05, 0) is 34.6 Å². The summed E-state index contributed by atoms with van der Waals surface area (Å²) >= 11 is 0. The fourth-order valence-electron chi connectivity index (χ4n) is 1.62. The van der Waals surface area contributed by atoms with Gasteiger partial charge in [0.1, 0.15) is 0 Å². The Morgan fingerprint density at radius 2 is 2.11 bits per heavy atom. The van der Waals surface area contributed by atoms with Crippen LogP contribution in [0.5, 0.6) is 5.88 Å². The fourth-order valence-corrected chi connectivity index (χ4v) is 1.62. The minimum atomic E-state index is -0.871. The highest BCUT2D eigenvalue weighted by Crippen LogP contribution is 2.19. The van der Waals surface area contributed by atoms with E-state index in [0.717, 1.165) is 5.69 Å². The van der Waals surface area contributed by atoms with Crippen molar-refractivity contribution in [3.8, 4) is 5.88 Å². The molecule has 0 saturated carbocycles. The molecule has 1 aromatic rings. The maximum atomic E-state index is 10.8. The first kappa shape index (κ1) is 15.2. The molecule has 6 nitrogen and oxygen atoms in total. The van der Waals surface area contributed by atoms with Gasteiger partial charge >= 0.3 is 5.97 Å². The quantitative estimate of drug-likeness (QED) is 0.822. The number of ether oxygens (including phenoxy) is 1. The maximum absolute atomic E-state index is 10.8. The van der Waals surface area contributed by atoms with Gasteiger partial charge < -0.3 is 15.2 Å². The van der Waals surface area contributed by atoms with E-state index < -0.39 is 11.5 Å². The molecule has 0 aromatic carbocycles. The van der Waals surface area contributed by atoms with Gasteiger partial charge in [-0.15, -0.1) is 0 Å². The smallest absolute Gasteiger partial charge is 0.305 e. The summed E-state index contributed by atoms with van der Waals surface area (Å²) in [6.45, 7) is 9.24. The van der Waals surface area contributed by atoms with E-state index in [1.54, 1.807) is 19.9 Å². The molecule has 1 aromatic heterocycles. The number of hydrogen-bond donors (Lipinski definition) is 2. The largest absolute Gasteiger partial charge is 0.481 e. The van der Waals surface area contributed by atoms with E-state index in [1.807, 2.05) is 20.8 Å². The molecular weight excluding hydrogens is 246 g/mol. The normalized spacial score (nSPS) is 11.5. The van der Waals surface area contributed by atoms with Crippen molar-refractivity contribution in [3.05, 3.63) is 11.8 Å². The third-order valence-electron chi connectivity index (χ3n) is 2.23. The van der Waals surface area contributed by atoms with Crippen molar-refractivity contribution in [1.82, 2.24) is 9.97 Å². The number of nitrogens with one attached hydrogen (secondary N) is 1. The third kappa shape index (κ3) is 5.54. The average molecular weight is 267 g/mol. The molecule has 19 heavy (non-hydrogen) atoms. The van der Waals surface area contributed by atoms with Crippen molar-refractivity contribution in [2.45, 2.75) is 52.7 Å². The van der Waals surface area contributed by atoms with Crippen LogP contribution in [0, 0.1) is 6.92 Å². The SMILES string of the molecule is Cc1cc(OC(C)C)nc(NC(C)(C)CC(=O)O)n1. The zero-order valence-electron chi connectivity index (χ0n) is 12.0. The summed E-state index contributed by atoms with van der Waals surface area (Å²) in [5, 5.41) is 11.9. The van der Waals surface area contributed by atoms with Crippen LogP contribution >= 0.6 is 0 Å². The molecule has 0 radical (unpaired) electrons. The maximum Gasteiger partial charge on any atom is 0.305 e. The highest BCUT2D eigenvalue weighted by Gasteiger charge is 2.23. The predicted molar refractivity (Wildman–Crippen MR) is 72.5 cm³/mol. The summed E-state index contributed by atoms with van der Waals surface area (Å²) in [6.07, 6.45) is -0.000753. The number of aliphatic carboxylic acids is 1. The lowest BCUT2D eigenvalue weighted by molar-refractivity contribution is -0.137. The van der Waals surface area contributed by atoms with E-state index in [9.17, 15) is 4.79 Å². The predicted octanol–water partition coefficient (Wildman–Crippen LogP) is 2.24. The van der Waals surface area contributed by atoms with Crippen molar-refractivity contribution < 1.29 is 14.6 Å². The molecule has 0 aliphatic rings. The highest BCUT2D eigenvalue weighted by molar-refractivity contribution is 5.69. The van der Waals surface area contributed by atoms with Crippen LogP contribution in [0.15, 0.2) is 6.07 Å². The van der Waals surface area contributed by atoms with Crippen molar-refractivity contribution in [1.29, 1.82) is 0 Å². The molecular formula is C13H21N3O3. The lowest BCUT2D eigenvalue weighted by Gasteiger charge is -2.24. The van der Waals surface area contributed by atoms with Crippen LogP contribution in [0.4, 0.5) is 5.95 Å². The van der Waals surface area contributed by atoms with E-state index in [1.165, 1.54) is 0 Å². The molecule has 0 spiro atoms. The van der Waals surface area contributed by atoms with Gasteiger partial charge in [0.05, 0.1) is 12.5 Å². The molecule has 0 aliphatic carbocycles. The Morgan fingerprint density at radius 1 is 1.47 bits per heavy atom. The third-order valence-corrected chi connectivity index (χ3v) is 2.23. The summed E-state index contributed by atoms with van der Waals surface area (Å²) in [6, 6.07) is 1.75. The van der Waals surface area contributed by atoms with Crippen molar-refractivity contribution in [2.24, 2.45) is 0 Å². The lowest BCUT2D eigenvalue weighted by atomic mass is 10.0. The van der Waals surface area contributed by atoms with Crippen molar-refractivity contribution in [3.63, 3.8) is 0 Å². The van der Waals surface area contributed by atoms with Crippen LogP contribution in [0.3, 0.4) is 0 Å². The summed E-state index contributed by atoms with van der Waals surface area (Å²) in [7, 11) is 0. The number of hydrogen-bond acceptors (Lipinski definition) is 5. The summed E-state index contributed by atoms with van der Waals surface area (Å²) < 4.78 is 5.52. The molecule has 0 fully saturated rings. The second-order valence-electron chi connectivity index (χ2n) is 5.42. The second kappa shape index (κ2) is 5.86. The first-order valence-corrected chi connectivity index (χ1v) is 6.20. The molecule has 0 saturated heterocycles. The number of carboxylic acid groups (broad SMARTS) is 1. The topological polar surface area (TPSA) is 84.3 Å². The first-order chi connectivity index (χ1) is 8.68. The van der Waals surface area contributed by atoms with E-state index in [4.69, 9.17) is 9.84 Å². The molecule has 0 bridgehead atoms. The molecule has 1 rings (SSSR count). The molecule has 0 unspecified atom stereocenters. The average Bonchev–Trinajstić information content (AvgIpc) is 2.10. The van der Waals surface area contributed by atoms with E-state index >= 15 is 0 Å². The van der Waals surface area contributed by atoms with Crippen LogP contribution in [0.25, 0.3) is 0 Å². The van der Waals surface area contributed by atoms with Crippen LogP contribution < -0.4 is 10.1 Å². The van der Waals surface area contributed by atoms with Gasteiger partial charge in [0.15, 0.2) is 0 Å². The summed E-state index contributed by atoms with van der Waals surface area (Å²) in [5.74, 6) is -0.0122. The molecule has 1 heterocycles. The minimum Gasteiger partial charge on any atom is -0.481 e. The number of aryl methyl sites for hydroxylation is 1. The Kier molecular flexibility index (Phi) is 4.69. The molecule has 2 N–H and O–H groups in total. The first-order valence-electron chi connectivity index (χ1n) is 6.20. The van der Waals surface area contributed by atoms with Gasteiger partial charge in [-0.3, -0.25) is 4.79 Å². The molecule has 106 valence electrons. The molecule has 6 heteroatoms. The van der Waals surface area contributed by atoms with Crippen LogP contribution in [-0.4, -0.2) is 32.7 Å². The zero-order valence-corrected chi connectivity index (χ0v) is 12.0. The fraction of sp³-hybridized carbons (Fsp3) is 0.615. The van der Waals surface area contributed by atoms with Crippen molar-refractivity contribution in [2.75, 3.05) is 5.32 Å². The molecule has 0 aliphatic heterocycles. The lowest BCUT2D eigenvalue weighted by Crippen LogP contribution is -2.34. The van der Waals surface area contributed by atoms with Gasteiger partial charge in [-0.25, -0.2) is 4.98 Å². The number of rotatable bonds is 6. The molecule has 0 amide bonds. The molecule has 0 atom stereocenters. The highest BCUT2D eigenvalue weighted by atomic mass is 16.5. The Bertz CT molecular complexity index is 458. The Balaban J connectivity index is 2.88. The van der Waals surface area contributed by atoms with Crippen LogP contribution in [0.1, 0.15) is 39.8 Å². The number of carboxylic acids is 1. The van der Waals surface area contributed by atoms with E-state index in [2.05, 4.69) is 15.3 Å².